The van der Waals surface area contributed by atoms with E-state index in [1.807, 2.05) is 18.2 Å². The maximum Gasteiger partial charge on any atom is 0.132 e. The summed E-state index contributed by atoms with van der Waals surface area (Å²) in [7, 11) is 0. The number of halogens is 1. The minimum atomic E-state index is 0.419. The molecule has 0 spiro atoms. The third-order valence-electron chi connectivity index (χ3n) is 3.25. The van der Waals surface area contributed by atoms with Crippen molar-refractivity contribution in [3.63, 3.8) is 0 Å². The van der Waals surface area contributed by atoms with Crippen LogP contribution in [0.1, 0.15) is 36.5 Å². The van der Waals surface area contributed by atoms with Crippen molar-refractivity contribution in [2.45, 2.75) is 33.2 Å². The number of aryl methyl sites for hydroxylation is 1. The SMILES string of the molecule is Cc1ccc(C(C)C)c(Oc2ccc(Br)cc2CN)c1. The Labute approximate surface area is 129 Å². The lowest BCUT2D eigenvalue weighted by molar-refractivity contribution is 0.466. The molecule has 2 aromatic carbocycles. The quantitative estimate of drug-likeness (QED) is 0.841. The standard InChI is InChI=1S/C17H20BrNO/c1-11(2)15-6-4-12(3)8-17(15)20-16-7-5-14(18)9-13(16)10-19/h4-9,11H,10,19H2,1-3H3. The van der Waals surface area contributed by atoms with Gasteiger partial charge >= 0.3 is 0 Å². The summed E-state index contributed by atoms with van der Waals surface area (Å²) in [6.45, 7) is 6.87. The van der Waals surface area contributed by atoms with E-state index in [-0.39, 0.29) is 0 Å². The number of hydrogen-bond donors (Lipinski definition) is 1. The highest BCUT2D eigenvalue weighted by Gasteiger charge is 2.11. The summed E-state index contributed by atoms with van der Waals surface area (Å²) in [6, 6.07) is 12.3. The molecule has 0 saturated heterocycles. The largest absolute Gasteiger partial charge is 0.457 e. The summed E-state index contributed by atoms with van der Waals surface area (Å²) < 4.78 is 7.14. The van der Waals surface area contributed by atoms with Gasteiger partial charge in [-0.25, -0.2) is 0 Å². The molecule has 2 aromatic rings. The van der Waals surface area contributed by atoms with E-state index in [0.29, 0.717) is 12.5 Å². The Morgan fingerprint density at radius 2 is 1.85 bits per heavy atom. The molecular weight excluding hydrogens is 314 g/mol. The summed E-state index contributed by atoms with van der Waals surface area (Å²) in [6.07, 6.45) is 0. The van der Waals surface area contributed by atoms with Gasteiger partial charge in [-0.05, 0) is 48.2 Å². The summed E-state index contributed by atoms with van der Waals surface area (Å²) >= 11 is 3.46. The third kappa shape index (κ3) is 3.41. The molecule has 0 aromatic heterocycles. The molecule has 0 radical (unpaired) electrons. The van der Waals surface area contributed by atoms with Crippen LogP contribution < -0.4 is 10.5 Å². The van der Waals surface area contributed by atoms with Gasteiger partial charge < -0.3 is 10.5 Å². The summed E-state index contributed by atoms with van der Waals surface area (Å²) in [5, 5.41) is 0. The smallest absolute Gasteiger partial charge is 0.132 e. The van der Waals surface area contributed by atoms with Crippen LogP contribution in [0.25, 0.3) is 0 Å². The Morgan fingerprint density at radius 1 is 1.10 bits per heavy atom. The maximum absolute atomic E-state index is 6.13. The van der Waals surface area contributed by atoms with Crippen molar-refractivity contribution in [1.29, 1.82) is 0 Å². The summed E-state index contributed by atoms with van der Waals surface area (Å²) in [4.78, 5) is 0. The van der Waals surface area contributed by atoms with E-state index in [2.05, 4.69) is 54.9 Å². The van der Waals surface area contributed by atoms with Crippen molar-refractivity contribution in [2.75, 3.05) is 0 Å². The predicted molar refractivity (Wildman–Crippen MR) is 87.4 cm³/mol. The van der Waals surface area contributed by atoms with Gasteiger partial charge in [0.15, 0.2) is 0 Å². The average Bonchev–Trinajstić information content (AvgIpc) is 2.40. The highest BCUT2D eigenvalue weighted by molar-refractivity contribution is 9.10. The molecule has 2 N–H and O–H groups in total. The van der Waals surface area contributed by atoms with Gasteiger partial charge in [-0.1, -0.05) is 41.9 Å². The Morgan fingerprint density at radius 3 is 2.50 bits per heavy atom. The van der Waals surface area contributed by atoms with Crippen molar-refractivity contribution < 1.29 is 4.74 Å². The second-order valence-electron chi connectivity index (χ2n) is 5.25. The molecule has 0 aliphatic heterocycles. The van der Waals surface area contributed by atoms with Gasteiger partial charge in [0, 0.05) is 16.6 Å². The van der Waals surface area contributed by atoms with E-state index in [0.717, 1.165) is 21.5 Å². The zero-order valence-corrected chi connectivity index (χ0v) is 13.7. The van der Waals surface area contributed by atoms with Crippen LogP contribution in [0.5, 0.6) is 11.5 Å². The molecule has 2 nitrogen and oxygen atoms in total. The van der Waals surface area contributed by atoms with E-state index in [4.69, 9.17) is 10.5 Å². The van der Waals surface area contributed by atoms with Crippen LogP contribution in [-0.2, 0) is 6.54 Å². The van der Waals surface area contributed by atoms with Crippen LogP contribution in [0.2, 0.25) is 0 Å². The van der Waals surface area contributed by atoms with E-state index in [9.17, 15) is 0 Å². The lowest BCUT2D eigenvalue weighted by Gasteiger charge is -2.16. The lowest BCUT2D eigenvalue weighted by Crippen LogP contribution is -2.01. The molecule has 2 rings (SSSR count). The fraction of sp³-hybridized carbons (Fsp3) is 0.294. The van der Waals surface area contributed by atoms with E-state index < -0.39 is 0 Å². The highest BCUT2D eigenvalue weighted by atomic mass is 79.9. The minimum Gasteiger partial charge on any atom is -0.457 e. The Hall–Kier alpha value is -1.32. The molecule has 106 valence electrons. The Kier molecular flexibility index (Phi) is 4.84. The first-order chi connectivity index (χ1) is 9.51. The van der Waals surface area contributed by atoms with Gasteiger partial charge in [0.1, 0.15) is 11.5 Å². The Bertz CT molecular complexity index is 608. The molecule has 3 heteroatoms. The molecule has 0 bridgehead atoms. The predicted octanol–water partition coefficient (Wildman–Crippen LogP) is 5.13. The van der Waals surface area contributed by atoms with E-state index in [1.54, 1.807) is 0 Å². The topological polar surface area (TPSA) is 35.2 Å². The van der Waals surface area contributed by atoms with Gasteiger partial charge in [-0.15, -0.1) is 0 Å². The molecule has 0 aliphatic rings. The van der Waals surface area contributed by atoms with Crippen LogP contribution in [-0.4, -0.2) is 0 Å². The lowest BCUT2D eigenvalue weighted by atomic mass is 10.0. The molecule has 0 unspecified atom stereocenters. The number of benzene rings is 2. The van der Waals surface area contributed by atoms with Gasteiger partial charge in [0.2, 0.25) is 0 Å². The van der Waals surface area contributed by atoms with Crippen LogP contribution in [0.3, 0.4) is 0 Å². The third-order valence-corrected chi connectivity index (χ3v) is 3.75. The fourth-order valence-corrected chi connectivity index (χ4v) is 2.54. The van der Waals surface area contributed by atoms with E-state index >= 15 is 0 Å². The van der Waals surface area contributed by atoms with Crippen LogP contribution in [0.4, 0.5) is 0 Å². The van der Waals surface area contributed by atoms with Crippen molar-refractivity contribution >= 4 is 15.9 Å². The second-order valence-corrected chi connectivity index (χ2v) is 6.17. The molecular formula is C17H20BrNO. The zero-order valence-electron chi connectivity index (χ0n) is 12.1. The highest BCUT2D eigenvalue weighted by Crippen LogP contribution is 2.33. The molecule has 0 amide bonds. The fourth-order valence-electron chi connectivity index (χ4n) is 2.13. The van der Waals surface area contributed by atoms with Crippen molar-refractivity contribution in [3.05, 3.63) is 57.6 Å². The van der Waals surface area contributed by atoms with Gasteiger partial charge in [0.05, 0.1) is 0 Å². The van der Waals surface area contributed by atoms with Crippen molar-refractivity contribution in [1.82, 2.24) is 0 Å². The van der Waals surface area contributed by atoms with Gasteiger partial charge in [-0.2, -0.15) is 0 Å². The maximum atomic E-state index is 6.13. The normalized spacial score (nSPS) is 10.9. The zero-order chi connectivity index (χ0) is 14.7. The number of hydrogen-bond acceptors (Lipinski definition) is 2. The molecule has 0 atom stereocenters. The van der Waals surface area contributed by atoms with Crippen LogP contribution in [0, 0.1) is 6.92 Å². The molecule has 0 saturated carbocycles. The minimum absolute atomic E-state index is 0.419. The first-order valence-electron chi connectivity index (χ1n) is 6.78. The number of nitrogens with two attached hydrogens (primary N) is 1. The first-order valence-corrected chi connectivity index (χ1v) is 7.57. The monoisotopic (exact) mass is 333 g/mol. The second kappa shape index (κ2) is 6.42. The summed E-state index contributed by atoms with van der Waals surface area (Å²) in [5.74, 6) is 2.16. The van der Waals surface area contributed by atoms with Gasteiger partial charge in [0.25, 0.3) is 0 Å². The van der Waals surface area contributed by atoms with Gasteiger partial charge in [-0.3, -0.25) is 0 Å². The molecule has 0 aliphatic carbocycles. The summed E-state index contributed by atoms with van der Waals surface area (Å²) in [5.41, 5.74) is 9.20. The average molecular weight is 334 g/mol. The Balaban J connectivity index is 2.41. The van der Waals surface area contributed by atoms with Crippen LogP contribution >= 0.6 is 15.9 Å². The molecule has 20 heavy (non-hydrogen) atoms. The number of ether oxygens (including phenoxy) is 1. The van der Waals surface area contributed by atoms with Crippen LogP contribution in [0.15, 0.2) is 40.9 Å². The van der Waals surface area contributed by atoms with E-state index in [1.165, 1.54) is 11.1 Å². The molecule has 0 heterocycles. The number of rotatable bonds is 4. The van der Waals surface area contributed by atoms with Crippen molar-refractivity contribution in [3.8, 4) is 11.5 Å². The molecule has 0 fully saturated rings. The van der Waals surface area contributed by atoms with Crippen molar-refractivity contribution in [2.24, 2.45) is 5.73 Å². The first kappa shape index (κ1) is 15.1.